The molecule has 0 atom stereocenters. The van der Waals surface area contributed by atoms with E-state index in [4.69, 9.17) is 0 Å². The summed E-state index contributed by atoms with van der Waals surface area (Å²) in [5, 5.41) is 9.56. The highest BCUT2D eigenvalue weighted by atomic mass is 16.3. The van der Waals surface area contributed by atoms with E-state index >= 15 is 0 Å². The second-order valence-corrected chi connectivity index (χ2v) is 6.80. The van der Waals surface area contributed by atoms with Crippen molar-refractivity contribution in [1.82, 2.24) is 0 Å². The lowest BCUT2D eigenvalue weighted by Crippen LogP contribution is -2.21. The lowest BCUT2D eigenvalue weighted by Gasteiger charge is -2.26. The normalized spacial score (nSPS) is 18.0. The van der Waals surface area contributed by atoms with Crippen LogP contribution in [0.25, 0.3) is 0 Å². The zero-order valence-electron chi connectivity index (χ0n) is 13.3. The van der Waals surface area contributed by atoms with Gasteiger partial charge in [0.25, 0.3) is 0 Å². The van der Waals surface area contributed by atoms with Crippen LogP contribution in [-0.4, -0.2) is 11.7 Å². The number of aliphatic hydroxyl groups excluding tert-OH is 1. The summed E-state index contributed by atoms with van der Waals surface area (Å²) in [7, 11) is 0. The van der Waals surface area contributed by atoms with Crippen molar-refractivity contribution in [2.75, 3.05) is 6.61 Å². The Balaban J connectivity index is 1.85. The first kappa shape index (κ1) is 17.0. The summed E-state index contributed by atoms with van der Waals surface area (Å²) in [6.07, 6.45) is 20.6. The Kier molecular flexibility index (Phi) is 9.59. The zero-order chi connectivity index (χ0) is 13.8. The molecule has 0 heterocycles. The minimum absolute atomic E-state index is 0.333. The fraction of sp³-hybridized carbons (Fsp3) is 1.00. The van der Waals surface area contributed by atoms with Crippen molar-refractivity contribution in [3.05, 3.63) is 0 Å². The number of hydrogen-bond donors (Lipinski definition) is 1. The van der Waals surface area contributed by atoms with Gasteiger partial charge in [0.2, 0.25) is 0 Å². The van der Waals surface area contributed by atoms with Crippen molar-refractivity contribution in [3.63, 3.8) is 0 Å². The molecule has 1 aliphatic carbocycles. The Morgan fingerprint density at radius 3 is 1.68 bits per heavy atom. The predicted octanol–water partition coefficient (Wildman–Crippen LogP) is 5.85. The Labute approximate surface area is 121 Å². The van der Waals surface area contributed by atoms with Crippen LogP contribution in [0, 0.1) is 5.41 Å². The monoisotopic (exact) mass is 268 g/mol. The number of aliphatic hydroxyl groups is 1. The summed E-state index contributed by atoms with van der Waals surface area (Å²) < 4.78 is 0. The molecule has 1 N–H and O–H groups in total. The average Bonchev–Trinajstić information content (AvgIpc) is 2.90. The zero-order valence-corrected chi connectivity index (χ0v) is 13.3. The van der Waals surface area contributed by atoms with Gasteiger partial charge in [-0.2, -0.15) is 0 Å². The molecular formula is C18H36O. The van der Waals surface area contributed by atoms with Crippen LogP contribution >= 0.6 is 0 Å². The highest BCUT2D eigenvalue weighted by Crippen LogP contribution is 2.41. The van der Waals surface area contributed by atoms with E-state index in [0.717, 1.165) is 0 Å². The first-order valence-corrected chi connectivity index (χ1v) is 8.94. The smallest absolute Gasteiger partial charge is 0.0487 e. The van der Waals surface area contributed by atoms with Gasteiger partial charge in [0.05, 0.1) is 0 Å². The Morgan fingerprint density at radius 1 is 0.737 bits per heavy atom. The summed E-state index contributed by atoms with van der Waals surface area (Å²) in [5.41, 5.74) is 0.333. The van der Waals surface area contributed by atoms with Gasteiger partial charge in [0, 0.05) is 6.61 Å². The van der Waals surface area contributed by atoms with Gasteiger partial charge >= 0.3 is 0 Å². The maximum atomic E-state index is 9.56. The van der Waals surface area contributed by atoms with E-state index in [9.17, 15) is 5.11 Å². The van der Waals surface area contributed by atoms with Crippen LogP contribution < -0.4 is 0 Å². The molecule has 114 valence electrons. The third-order valence-electron chi connectivity index (χ3n) is 5.06. The first-order valence-electron chi connectivity index (χ1n) is 8.94. The minimum Gasteiger partial charge on any atom is -0.396 e. The maximum absolute atomic E-state index is 9.56. The van der Waals surface area contributed by atoms with E-state index in [1.54, 1.807) is 0 Å². The van der Waals surface area contributed by atoms with Crippen LogP contribution in [0.15, 0.2) is 0 Å². The van der Waals surface area contributed by atoms with Crippen LogP contribution in [0.2, 0.25) is 0 Å². The Bertz CT molecular complexity index is 194. The second-order valence-electron chi connectivity index (χ2n) is 6.80. The highest BCUT2D eigenvalue weighted by molar-refractivity contribution is 4.83. The van der Waals surface area contributed by atoms with Gasteiger partial charge in [0.1, 0.15) is 0 Å². The predicted molar refractivity (Wildman–Crippen MR) is 84.4 cm³/mol. The van der Waals surface area contributed by atoms with E-state index in [-0.39, 0.29) is 0 Å². The number of hydrogen-bond acceptors (Lipinski definition) is 1. The molecular weight excluding hydrogens is 232 g/mol. The third kappa shape index (κ3) is 7.34. The molecule has 1 saturated carbocycles. The quantitative estimate of drug-likeness (QED) is 0.440. The van der Waals surface area contributed by atoms with Gasteiger partial charge in [-0.25, -0.2) is 0 Å². The molecule has 0 amide bonds. The average molecular weight is 268 g/mol. The summed E-state index contributed by atoms with van der Waals surface area (Å²) in [4.78, 5) is 0. The fourth-order valence-corrected chi connectivity index (χ4v) is 3.60. The second kappa shape index (κ2) is 10.7. The van der Waals surface area contributed by atoms with Gasteiger partial charge in [-0.1, -0.05) is 84.0 Å². The molecule has 1 rings (SSSR count). The number of unbranched alkanes of at least 4 members (excludes halogenated alkanes) is 9. The van der Waals surface area contributed by atoms with Crippen molar-refractivity contribution in [2.24, 2.45) is 5.41 Å². The van der Waals surface area contributed by atoms with Crippen molar-refractivity contribution in [1.29, 1.82) is 0 Å². The fourth-order valence-electron chi connectivity index (χ4n) is 3.60. The van der Waals surface area contributed by atoms with Gasteiger partial charge in [0.15, 0.2) is 0 Å². The SMILES string of the molecule is CCCCCCCCCCCCC1(CO)CCCC1. The summed E-state index contributed by atoms with van der Waals surface area (Å²) >= 11 is 0. The van der Waals surface area contributed by atoms with Crippen LogP contribution in [0.4, 0.5) is 0 Å². The molecule has 1 heteroatoms. The number of rotatable bonds is 12. The van der Waals surface area contributed by atoms with Crippen LogP contribution in [0.3, 0.4) is 0 Å². The van der Waals surface area contributed by atoms with Crippen molar-refractivity contribution < 1.29 is 5.11 Å². The third-order valence-corrected chi connectivity index (χ3v) is 5.06. The molecule has 0 radical (unpaired) electrons. The lowest BCUT2D eigenvalue weighted by molar-refractivity contribution is 0.117. The van der Waals surface area contributed by atoms with E-state index in [2.05, 4.69) is 6.92 Å². The van der Waals surface area contributed by atoms with Gasteiger partial charge in [-0.05, 0) is 24.7 Å². The van der Waals surface area contributed by atoms with Crippen LogP contribution in [0.1, 0.15) is 103 Å². The van der Waals surface area contributed by atoms with E-state index in [1.165, 1.54) is 96.3 Å². The molecule has 0 aromatic heterocycles. The topological polar surface area (TPSA) is 20.2 Å². The molecule has 1 fully saturated rings. The molecule has 0 spiro atoms. The van der Waals surface area contributed by atoms with Crippen LogP contribution in [-0.2, 0) is 0 Å². The van der Waals surface area contributed by atoms with E-state index < -0.39 is 0 Å². The molecule has 0 bridgehead atoms. The van der Waals surface area contributed by atoms with Crippen molar-refractivity contribution >= 4 is 0 Å². The molecule has 1 aliphatic rings. The Hall–Kier alpha value is -0.0400. The van der Waals surface area contributed by atoms with E-state index in [1.807, 2.05) is 0 Å². The molecule has 19 heavy (non-hydrogen) atoms. The highest BCUT2D eigenvalue weighted by Gasteiger charge is 2.32. The maximum Gasteiger partial charge on any atom is 0.0487 e. The Morgan fingerprint density at radius 2 is 1.21 bits per heavy atom. The molecule has 0 aliphatic heterocycles. The first-order chi connectivity index (χ1) is 9.33. The standard InChI is InChI=1S/C18H36O/c1-2-3-4-5-6-7-8-9-10-11-14-18(17-19)15-12-13-16-18/h19H,2-17H2,1H3. The summed E-state index contributed by atoms with van der Waals surface area (Å²) in [5.74, 6) is 0. The van der Waals surface area contributed by atoms with Gasteiger partial charge in [-0.15, -0.1) is 0 Å². The summed E-state index contributed by atoms with van der Waals surface area (Å²) in [6.45, 7) is 2.72. The molecule has 0 saturated heterocycles. The molecule has 0 aromatic carbocycles. The summed E-state index contributed by atoms with van der Waals surface area (Å²) in [6, 6.07) is 0. The molecule has 0 unspecified atom stereocenters. The van der Waals surface area contributed by atoms with Crippen molar-refractivity contribution in [3.8, 4) is 0 Å². The lowest BCUT2D eigenvalue weighted by atomic mass is 9.82. The van der Waals surface area contributed by atoms with Gasteiger partial charge < -0.3 is 5.11 Å². The minimum atomic E-state index is 0.333. The molecule has 0 aromatic rings. The van der Waals surface area contributed by atoms with Crippen LogP contribution in [0.5, 0.6) is 0 Å². The van der Waals surface area contributed by atoms with Crippen molar-refractivity contribution in [2.45, 2.75) is 103 Å². The largest absolute Gasteiger partial charge is 0.396 e. The molecule has 1 nitrogen and oxygen atoms in total. The van der Waals surface area contributed by atoms with Gasteiger partial charge in [-0.3, -0.25) is 0 Å². The van der Waals surface area contributed by atoms with E-state index in [0.29, 0.717) is 12.0 Å².